The van der Waals surface area contributed by atoms with Crippen LogP contribution in [0.15, 0.2) is 11.1 Å². The molecular weight excluding hydrogens is 360 g/mol. The normalized spacial score (nSPS) is 13.4. The van der Waals surface area contributed by atoms with Gasteiger partial charge >= 0.3 is 0 Å². The lowest BCUT2D eigenvalue weighted by molar-refractivity contribution is -0.130. The Kier molecular flexibility index (Phi) is 6.98. The molecule has 0 unspecified atom stereocenters. The predicted octanol–water partition coefficient (Wildman–Crippen LogP) is 1.83. The van der Waals surface area contributed by atoms with E-state index in [0.29, 0.717) is 19.5 Å². The Balaban J connectivity index is 0.00000225. The van der Waals surface area contributed by atoms with Gasteiger partial charge in [0, 0.05) is 38.0 Å². The van der Waals surface area contributed by atoms with Crippen LogP contribution in [0, 0.1) is 0 Å². The third kappa shape index (κ3) is 4.22. The number of carbonyl (C=O) groups excluding carboxylic acids is 1. The number of rotatable bonds is 6. The second-order valence-electron chi connectivity index (χ2n) is 6.30. The van der Waals surface area contributed by atoms with Crippen LogP contribution in [0.4, 0.5) is 0 Å². The molecule has 1 aliphatic carbocycles. The van der Waals surface area contributed by atoms with Gasteiger partial charge in [0.05, 0.1) is 11.7 Å². The van der Waals surface area contributed by atoms with E-state index in [2.05, 4.69) is 10.3 Å². The number of likely N-dealkylation sites (N-methyl/N-ethyl adjacent to an activating group) is 2. The maximum atomic E-state index is 12.8. The van der Waals surface area contributed by atoms with Gasteiger partial charge in [-0.1, -0.05) is 0 Å². The molecule has 2 heterocycles. The zero-order valence-corrected chi connectivity index (χ0v) is 16.3. The van der Waals surface area contributed by atoms with Crippen LogP contribution in [0.5, 0.6) is 0 Å². The minimum atomic E-state index is 0. The predicted molar refractivity (Wildman–Crippen MR) is 104 cm³/mol. The average molecular weight is 385 g/mol. The van der Waals surface area contributed by atoms with Gasteiger partial charge in [0.25, 0.3) is 5.56 Å². The fourth-order valence-electron chi connectivity index (χ4n) is 3.15. The number of hydrogen-bond acceptors (Lipinski definition) is 5. The molecule has 0 aliphatic heterocycles. The van der Waals surface area contributed by atoms with E-state index in [9.17, 15) is 9.59 Å². The third-order valence-corrected chi connectivity index (χ3v) is 5.83. The molecule has 0 saturated carbocycles. The molecular formula is C17H25ClN4O2S. The van der Waals surface area contributed by atoms with E-state index in [-0.39, 0.29) is 23.9 Å². The summed E-state index contributed by atoms with van der Waals surface area (Å²) in [4.78, 5) is 33.3. The molecule has 0 aromatic carbocycles. The summed E-state index contributed by atoms with van der Waals surface area (Å²) in [6.07, 6.45) is 6.28. The Labute approximate surface area is 157 Å². The summed E-state index contributed by atoms with van der Waals surface area (Å²) in [5, 5.41) is 3.81. The van der Waals surface area contributed by atoms with Crippen molar-refractivity contribution in [2.45, 2.75) is 38.6 Å². The maximum Gasteiger partial charge on any atom is 0.262 e. The quantitative estimate of drug-likeness (QED) is 0.825. The smallest absolute Gasteiger partial charge is 0.262 e. The average Bonchev–Trinajstić information content (AvgIpc) is 2.98. The van der Waals surface area contributed by atoms with Crippen LogP contribution in [-0.2, 0) is 24.2 Å². The van der Waals surface area contributed by atoms with Gasteiger partial charge in [0.15, 0.2) is 0 Å². The molecule has 1 aliphatic rings. The van der Waals surface area contributed by atoms with E-state index >= 15 is 0 Å². The van der Waals surface area contributed by atoms with Crippen LogP contribution < -0.4 is 10.9 Å². The molecule has 1 amide bonds. The van der Waals surface area contributed by atoms with Crippen LogP contribution in [0.2, 0.25) is 0 Å². The molecule has 1 N–H and O–H groups in total. The van der Waals surface area contributed by atoms with Crippen LogP contribution in [-0.4, -0.2) is 47.5 Å². The van der Waals surface area contributed by atoms with Gasteiger partial charge in [-0.3, -0.25) is 14.2 Å². The Morgan fingerprint density at radius 2 is 2.16 bits per heavy atom. The van der Waals surface area contributed by atoms with Gasteiger partial charge in [0.1, 0.15) is 4.83 Å². The van der Waals surface area contributed by atoms with E-state index in [1.807, 2.05) is 7.05 Å². The van der Waals surface area contributed by atoms with Crippen LogP contribution in [0.3, 0.4) is 0 Å². The monoisotopic (exact) mass is 384 g/mol. The number of aromatic nitrogens is 2. The van der Waals surface area contributed by atoms with E-state index in [1.54, 1.807) is 34.2 Å². The van der Waals surface area contributed by atoms with Crippen molar-refractivity contribution in [3.63, 3.8) is 0 Å². The molecule has 0 atom stereocenters. The summed E-state index contributed by atoms with van der Waals surface area (Å²) >= 11 is 1.65. The molecule has 2 aromatic heterocycles. The van der Waals surface area contributed by atoms with Gasteiger partial charge < -0.3 is 10.2 Å². The molecule has 8 heteroatoms. The van der Waals surface area contributed by atoms with Gasteiger partial charge in [-0.2, -0.15) is 0 Å². The third-order valence-electron chi connectivity index (χ3n) is 4.63. The summed E-state index contributed by atoms with van der Waals surface area (Å²) in [6, 6.07) is 0. The SMILES string of the molecule is CNCCN(C)C(=O)CCn1cnc2sc3c(c2c1=O)CCCC3.Cl. The summed E-state index contributed by atoms with van der Waals surface area (Å²) < 4.78 is 1.59. The second kappa shape index (κ2) is 8.78. The minimum Gasteiger partial charge on any atom is -0.344 e. The zero-order chi connectivity index (χ0) is 17.1. The van der Waals surface area contributed by atoms with Crippen molar-refractivity contribution >= 4 is 39.9 Å². The van der Waals surface area contributed by atoms with Crippen molar-refractivity contribution in [1.29, 1.82) is 0 Å². The van der Waals surface area contributed by atoms with Crippen LogP contribution in [0.1, 0.15) is 29.7 Å². The summed E-state index contributed by atoms with van der Waals surface area (Å²) in [6.45, 7) is 1.81. The van der Waals surface area contributed by atoms with Crippen LogP contribution >= 0.6 is 23.7 Å². The summed E-state index contributed by atoms with van der Waals surface area (Å²) in [7, 11) is 3.65. The van der Waals surface area contributed by atoms with Gasteiger partial charge in [-0.15, -0.1) is 23.7 Å². The van der Waals surface area contributed by atoms with E-state index in [0.717, 1.165) is 36.0 Å². The highest BCUT2D eigenvalue weighted by molar-refractivity contribution is 7.18. The molecule has 0 fully saturated rings. The zero-order valence-electron chi connectivity index (χ0n) is 14.7. The first-order chi connectivity index (χ1) is 11.6. The molecule has 0 radical (unpaired) electrons. The number of carbonyl (C=O) groups is 1. The first-order valence-corrected chi connectivity index (χ1v) is 9.31. The Bertz CT molecular complexity index is 802. The number of nitrogens with zero attached hydrogens (tertiary/aromatic N) is 3. The largest absolute Gasteiger partial charge is 0.344 e. The lowest BCUT2D eigenvalue weighted by Gasteiger charge is -2.17. The minimum absolute atomic E-state index is 0. The summed E-state index contributed by atoms with van der Waals surface area (Å²) in [5.41, 5.74) is 1.20. The van der Waals surface area contributed by atoms with Crippen molar-refractivity contribution < 1.29 is 4.79 Å². The highest BCUT2D eigenvalue weighted by Gasteiger charge is 2.20. The molecule has 3 rings (SSSR count). The fourth-order valence-corrected chi connectivity index (χ4v) is 4.37. The number of halogens is 1. The van der Waals surface area contributed by atoms with Gasteiger partial charge in [-0.25, -0.2) is 4.98 Å². The van der Waals surface area contributed by atoms with Crippen molar-refractivity contribution in [3.05, 3.63) is 27.1 Å². The van der Waals surface area contributed by atoms with Crippen molar-refractivity contribution in [3.8, 4) is 0 Å². The van der Waals surface area contributed by atoms with Crippen molar-refractivity contribution in [2.24, 2.45) is 0 Å². The highest BCUT2D eigenvalue weighted by Crippen LogP contribution is 2.33. The van der Waals surface area contributed by atoms with E-state index in [1.165, 1.54) is 16.9 Å². The van der Waals surface area contributed by atoms with Gasteiger partial charge in [-0.05, 0) is 38.3 Å². The number of thiophene rings is 1. The molecule has 0 saturated heterocycles. The second-order valence-corrected chi connectivity index (χ2v) is 7.39. The maximum absolute atomic E-state index is 12.8. The number of fused-ring (bicyclic) bond motifs is 3. The van der Waals surface area contributed by atoms with Crippen LogP contribution in [0.25, 0.3) is 10.2 Å². The lowest BCUT2D eigenvalue weighted by Crippen LogP contribution is -2.34. The Hall–Kier alpha value is -1.44. The van der Waals surface area contributed by atoms with Crippen molar-refractivity contribution in [1.82, 2.24) is 19.8 Å². The molecule has 0 spiro atoms. The molecule has 2 aromatic rings. The number of nitrogens with one attached hydrogen (secondary N) is 1. The number of amides is 1. The molecule has 0 bridgehead atoms. The first-order valence-electron chi connectivity index (χ1n) is 8.50. The lowest BCUT2D eigenvalue weighted by atomic mass is 9.97. The number of hydrogen-bond donors (Lipinski definition) is 1. The molecule has 25 heavy (non-hydrogen) atoms. The fraction of sp³-hybridized carbons (Fsp3) is 0.588. The van der Waals surface area contributed by atoms with Crippen molar-refractivity contribution in [2.75, 3.05) is 27.2 Å². The molecule has 6 nitrogen and oxygen atoms in total. The Morgan fingerprint density at radius 1 is 1.40 bits per heavy atom. The highest BCUT2D eigenvalue weighted by atomic mass is 35.5. The van der Waals surface area contributed by atoms with E-state index < -0.39 is 0 Å². The first kappa shape index (κ1) is 19.9. The Morgan fingerprint density at radius 3 is 2.92 bits per heavy atom. The summed E-state index contributed by atoms with van der Waals surface area (Å²) in [5.74, 6) is 0.0459. The molecule has 138 valence electrons. The topological polar surface area (TPSA) is 67.2 Å². The number of aryl methyl sites for hydroxylation is 3. The standard InChI is InChI=1S/C17H24N4O2S.ClH/c1-18-8-10-20(2)14(22)7-9-21-11-19-16-15(17(21)23)12-5-3-4-6-13(12)24-16;/h11,18H,3-10H2,1-2H3;1H. The van der Waals surface area contributed by atoms with E-state index in [4.69, 9.17) is 0 Å². The van der Waals surface area contributed by atoms with Gasteiger partial charge in [0.2, 0.25) is 5.91 Å².